The number of rotatable bonds is 8. The van der Waals surface area contributed by atoms with Gasteiger partial charge in [-0.2, -0.15) is 0 Å². The molecule has 1 aliphatic heterocycles. The minimum Gasteiger partial charge on any atom is -0.355 e. The fourth-order valence-electron chi connectivity index (χ4n) is 3.05. The van der Waals surface area contributed by atoms with Gasteiger partial charge in [0, 0.05) is 39.3 Å². The molecular formula is C18H31N5O2S. The normalized spacial score (nSPS) is 17.2. The van der Waals surface area contributed by atoms with Gasteiger partial charge in [0.2, 0.25) is 10.0 Å². The molecule has 26 heavy (non-hydrogen) atoms. The van der Waals surface area contributed by atoms with Crippen molar-refractivity contribution in [3.63, 3.8) is 0 Å². The number of nitrogens with one attached hydrogen (secondary N) is 3. The molecule has 1 heterocycles. The Labute approximate surface area is 157 Å². The summed E-state index contributed by atoms with van der Waals surface area (Å²) < 4.78 is 26.9. The van der Waals surface area contributed by atoms with E-state index in [0.717, 1.165) is 31.9 Å². The second-order valence-electron chi connectivity index (χ2n) is 6.47. The lowest BCUT2D eigenvalue weighted by molar-refractivity contribution is 0.206. The molecule has 1 aromatic carbocycles. The van der Waals surface area contributed by atoms with E-state index in [1.165, 1.54) is 13.0 Å². The van der Waals surface area contributed by atoms with Crippen molar-refractivity contribution >= 4 is 16.0 Å². The minimum absolute atomic E-state index is 0.279. The number of sulfonamides is 1. The van der Waals surface area contributed by atoms with Crippen LogP contribution < -0.4 is 15.4 Å². The van der Waals surface area contributed by atoms with Crippen LogP contribution in [0.25, 0.3) is 0 Å². The number of aliphatic imine (C=N–C) groups is 1. The lowest BCUT2D eigenvalue weighted by atomic mass is 10.1. The van der Waals surface area contributed by atoms with Crippen LogP contribution in [0.3, 0.4) is 0 Å². The number of hydrogen-bond donors (Lipinski definition) is 3. The number of benzene rings is 1. The van der Waals surface area contributed by atoms with Gasteiger partial charge in [-0.1, -0.05) is 25.1 Å². The van der Waals surface area contributed by atoms with Gasteiger partial charge >= 0.3 is 0 Å². The van der Waals surface area contributed by atoms with E-state index in [1.807, 2.05) is 0 Å². The second kappa shape index (κ2) is 10.5. The Morgan fingerprint density at radius 2 is 1.88 bits per heavy atom. The Bertz CT molecular complexity index is 655. The summed E-state index contributed by atoms with van der Waals surface area (Å²) in [7, 11) is -1.73. The SMILES string of the molecule is CCCN1CCC(NC(=NC)NCCNS(=O)(=O)c2ccccc2)CC1. The summed E-state index contributed by atoms with van der Waals surface area (Å²) in [6.45, 7) is 6.37. The predicted octanol–water partition coefficient (Wildman–Crippen LogP) is 1.00. The van der Waals surface area contributed by atoms with Crippen molar-refractivity contribution in [3.05, 3.63) is 30.3 Å². The first-order chi connectivity index (χ1) is 12.5. The Kier molecular flexibility index (Phi) is 8.34. The highest BCUT2D eigenvalue weighted by Crippen LogP contribution is 2.10. The zero-order valence-corrected chi connectivity index (χ0v) is 16.6. The average molecular weight is 382 g/mol. The van der Waals surface area contributed by atoms with Crippen molar-refractivity contribution in [3.8, 4) is 0 Å². The summed E-state index contributed by atoms with van der Waals surface area (Å²) >= 11 is 0. The van der Waals surface area contributed by atoms with Gasteiger partial charge in [-0.15, -0.1) is 0 Å². The predicted molar refractivity (Wildman–Crippen MR) is 106 cm³/mol. The summed E-state index contributed by atoms with van der Waals surface area (Å²) in [4.78, 5) is 7.01. The van der Waals surface area contributed by atoms with E-state index < -0.39 is 10.0 Å². The van der Waals surface area contributed by atoms with Gasteiger partial charge < -0.3 is 15.5 Å². The Balaban J connectivity index is 1.69. The van der Waals surface area contributed by atoms with E-state index in [1.54, 1.807) is 37.4 Å². The summed E-state index contributed by atoms with van der Waals surface area (Å²) in [5.74, 6) is 0.720. The average Bonchev–Trinajstić information content (AvgIpc) is 2.66. The fraction of sp³-hybridized carbons (Fsp3) is 0.611. The molecule has 1 aromatic rings. The van der Waals surface area contributed by atoms with Gasteiger partial charge in [-0.3, -0.25) is 4.99 Å². The van der Waals surface area contributed by atoms with Gasteiger partial charge in [0.15, 0.2) is 5.96 Å². The zero-order chi connectivity index (χ0) is 18.8. The van der Waals surface area contributed by atoms with E-state index in [0.29, 0.717) is 19.1 Å². The molecule has 0 spiro atoms. The van der Waals surface area contributed by atoms with Crippen LogP contribution in [0.15, 0.2) is 40.2 Å². The minimum atomic E-state index is -3.46. The largest absolute Gasteiger partial charge is 0.355 e. The Hall–Kier alpha value is -1.64. The number of nitrogens with zero attached hydrogens (tertiary/aromatic N) is 2. The first-order valence-corrected chi connectivity index (χ1v) is 10.8. The summed E-state index contributed by atoms with van der Waals surface area (Å²) in [5.41, 5.74) is 0. The smallest absolute Gasteiger partial charge is 0.240 e. The molecule has 7 nitrogen and oxygen atoms in total. The first-order valence-electron chi connectivity index (χ1n) is 9.29. The van der Waals surface area contributed by atoms with E-state index in [4.69, 9.17) is 0 Å². The highest BCUT2D eigenvalue weighted by Gasteiger charge is 2.19. The molecule has 1 fully saturated rings. The van der Waals surface area contributed by atoms with Crippen LogP contribution in [0.4, 0.5) is 0 Å². The summed E-state index contributed by atoms with van der Waals surface area (Å²) in [6.07, 6.45) is 3.39. The maximum atomic E-state index is 12.2. The molecular weight excluding hydrogens is 350 g/mol. The number of piperidine rings is 1. The Morgan fingerprint density at radius 3 is 2.50 bits per heavy atom. The molecule has 0 aromatic heterocycles. The maximum Gasteiger partial charge on any atom is 0.240 e. The fourth-order valence-corrected chi connectivity index (χ4v) is 4.11. The topological polar surface area (TPSA) is 85.8 Å². The molecule has 0 atom stereocenters. The molecule has 1 aliphatic rings. The number of guanidine groups is 1. The molecule has 0 amide bonds. The van der Waals surface area contributed by atoms with Crippen LogP contribution in [-0.4, -0.2) is 65.1 Å². The highest BCUT2D eigenvalue weighted by molar-refractivity contribution is 7.89. The monoisotopic (exact) mass is 381 g/mol. The van der Waals surface area contributed by atoms with Crippen molar-refractivity contribution < 1.29 is 8.42 Å². The second-order valence-corrected chi connectivity index (χ2v) is 8.24. The van der Waals surface area contributed by atoms with Crippen LogP contribution in [0.5, 0.6) is 0 Å². The van der Waals surface area contributed by atoms with Gasteiger partial charge in [-0.05, 0) is 37.9 Å². The van der Waals surface area contributed by atoms with Gasteiger partial charge in [0.1, 0.15) is 0 Å². The number of likely N-dealkylation sites (tertiary alicyclic amines) is 1. The molecule has 0 radical (unpaired) electrons. The standard InChI is InChI=1S/C18H31N5O2S/c1-3-13-23-14-9-16(10-15-23)22-18(19-2)20-11-12-21-26(24,25)17-7-5-4-6-8-17/h4-8,16,21H,3,9-15H2,1-2H3,(H2,19,20,22). The van der Waals surface area contributed by atoms with Gasteiger partial charge in [0.05, 0.1) is 4.90 Å². The third kappa shape index (κ3) is 6.59. The molecule has 146 valence electrons. The van der Waals surface area contributed by atoms with E-state index in [-0.39, 0.29) is 4.90 Å². The lowest BCUT2D eigenvalue weighted by Gasteiger charge is -2.32. The Morgan fingerprint density at radius 1 is 1.19 bits per heavy atom. The molecule has 2 rings (SSSR count). The van der Waals surface area contributed by atoms with Crippen molar-refractivity contribution in [2.75, 3.05) is 39.8 Å². The van der Waals surface area contributed by atoms with Crippen molar-refractivity contribution in [2.45, 2.75) is 37.1 Å². The maximum absolute atomic E-state index is 12.2. The molecule has 0 bridgehead atoms. The van der Waals surface area contributed by atoms with Crippen molar-refractivity contribution in [1.29, 1.82) is 0 Å². The van der Waals surface area contributed by atoms with Gasteiger partial charge in [0.25, 0.3) is 0 Å². The summed E-state index contributed by atoms with van der Waals surface area (Å²) in [5, 5.41) is 6.61. The molecule has 0 aliphatic carbocycles. The van der Waals surface area contributed by atoms with Crippen molar-refractivity contribution in [1.82, 2.24) is 20.3 Å². The van der Waals surface area contributed by atoms with E-state index >= 15 is 0 Å². The summed E-state index contributed by atoms with van der Waals surface area (Å²) in [6, 6.07) is 8.80. The first kappa shape index (κ1) is 20.7. The third-order valence-corrected chi connectivity index (χ3v) is 5.93. The van der Waals surface area contributed by atoms with Crippen LogP contribution in [0, 0.1) is 0 Å². The van der Waals surface area contributed by atoms with E-state index in [2.05, 4.69) is 32.2 Å². The quantitative estimate of drug-likeness (QED) is 0.355. The highest BCUT2D eigenvalue weighted by atomic mass is 32.2. The number of hydrogen-bond acceptors (Lipinski definition) is 4. The van der Waals surface area contributed by atoms with Gasteiger partial charge in [-0.25, -0.2) is 13.1 Å². The molecule has 0 saturated carbocycles. The van der Waals surface area contributed by atoms with Crippen LogP contribution in [-0.2, 0) is 10.0 Å². The van der Waals surface area contributed by atoms with Crippen LogP contribution >= 0.6 is 0 Å². The molecule has 1 saturated heterocycles. The van der Waals surface area contributed by atoms with Crippen LogP contribution in [0.1, 0.15) is 26.2 Å². The molecule has 0 unspecified atom stereocenters. The third-order valence-electron chi connectivity index (χ3n) is 4.45. The van der Waals surface area contributed by atoms with E-state index in [9.17, 15) is 8.42 Å². The molecule has 8 heteroatoms. The zero-order valence-electron chi connectivity index (χ0n) is 15.7. The van der Waals surface area contributed by atoms with Crippen molar-refractivity contribution in [2.24, 2.45) is 4.99 Å². The lowest BCUT2D eigenvalue weighted by Crippen LogP contribution is -2.49. The molecule has 3 N–H and O–H groups in total. The van der Waals surface area contributed by atoms with Crippen LogP contribution in [0.2, 0.25) is 0 Å².